The zero-order valence-corrected chi connectivity index (χ0v) is 14.9. The Labute approximate surface area is 150 Å². The number of benzene rings is 2. The lowest BCUT2D eigenvalue weighted by atomic mass is 9.99. The molecule has 4 nitrogen and oxygen atoms in total. The van der Waals surface area contributed by atoms with E-state index in [0.717, 1.165) is 11.6 Å². The highest BCUT2D eigenvalue weighted by Gasteiger charge is 2.26. The van der Waals surface area contributed by atoms with Crippen molar-refractivity contribution >= 4 is 33.8 Å². The molecule has 25 heavy (non-hydrogen) atoms. The Hall–Kier alpha value is -2.40. The van der Waals surface area contributed by atoms with Gasteiger partial charge in [0.2, 0.25) is 0 Å². The summed E-state index contributed by atoms with van der Waals surface area (Å²) >= 11 is 1.25. The van der Waals surface area contributed by atoms with Crippen LogP contribution in [-0.4, -0.2) is 22.6 Å². The average molecular weight is 352 g/mol. The van der Waals surface area contributed by atoms with Crippen molar-refractivity contribution in [3.63, 3.8) is 0 Å². The highest BCUT2D eigenvalue weighted by Crippen LogP contribution is 2.44. The predicted molar refractivity (Wildman–Crippen MR) is 102 cm³/mol. The molecule has 1 fully saturated rings. The van der Waals surface area contributed by atoms with E-state index >= 15 is 0 Å². The van der Waals surface area contributed by atoms with E-state index in [2.05, 4.69) is 53.2 Å². The second-order valence-corrected chi connectivity index (χ2v) is 7.55. The normalized spacial score (nSPS) is 14.0. The molecule has 1 N–H and O–H groups in total. The number of hydrogen-bond donors (Lipinski definition) is 1. The fourth-order valence-electron chi connectivity index (χ4n) is 3.35. The van der Waals surface area contributed by atoms with Crippen LogP contribution in [0.2, 0.25) is 0 Å². The van der Waals surface area contributed by atoms with Crippen molar-refractivity contribution in [2.45, 2.75) is 32.2 Å². The molecule has 128 valence electrons. The summed E-state index contributed by atoms with van der Waals surface area (Å²) in [5.74, 6) is -0.197. The quantitative estimate of drug-likeness (QED) is 0.686. The van der Waals surface area contributed by atoms with Crippen molar-refractivity contribution in [1.29, 1.82) is 0 Å². The van der Waals surface area contributed by atoms with Crippen molar-refractivity contribution < 1.29 is 9.90 Å². The van der Waals surface area contributed by atoms with Gasteiger partial charge in [0.25, 0.3) is 0 Å². The van der Waals surface area contributed by atoms with Crippen LogP contribution in [0.4, 0.5) is 5.69 Å². The molecule has 0 radical (unpaired) electrons. The SMILES string of the molecule is CCN(Cc1ncc(C(=O)O)s1)c1ccc(C2CC2)c2ccccc12. The van der Waals surface area contributed by atoms with Gasteiger partial charge in [-0.05, 0) is 42.7 Å². The molecular formula is C20H20N2O2S. The van der Waals surface area contributed by atoms with Crippen molar-refractivity contribution in [3.05, 3.63) is 58.0 Å². The summed E-state index contributed by atoms with van der Waals surface area (Å²) in [5.41, 5.74) is 2.65. The van der Waals surface area contributed by atoms with E-state index in [0.29, 0.717) is 17.3 Å². The van der Waals surface area contributed by atoms with Crippen LogP contribution in [-0.2, 0) is 6.54 Å². The minimum atomic E-state index is -0.911. The minimum absolute atomic E-state index is 0.292. The topological polar surface area (TPSA) is 53.4 Å². The van der Waals surface area contributed by atoms with E-state index in [4.69, 9.17) is 5.11 Å². The standard InChI is InChI=1S/C20H20N2O2S/c1-2-22(12-19-21-11-18(25-19)20(23)24)17-10-9-14(13-7-8-13)15-5-3-4-6-16(15)17/h3-6,9-11,13H,2,7-8,12H2,1H3,(H,23,24). The summed E-state index contributed by atoms with van der Waals surface area (Å²) in [4.78, 5) is 17.9. The van der Waals surface area contributed by atoms with Crippen molar-refractivity contribution in [2.75, 3.05) is 11.4 Å². The number of nitrogens with zero attached hydrogens (tertiary/aromatic N) is 2. The lowest BCUT2D eigenvalue weighted by molar-refractivity contribution is 0.0702. The van der Waals surface area contributed by atoms with Crippen LogP contribution in [0.15, 0.2) is 42.6 Å². The summed E-state index contributed by atoms with van der Waals surface area (Å²) in [7, 11) is 0. The second-order valence-electron chi connectivity index (χ2n) is 6.43. The minimum Gasteiger partial charge on any atom is -0.477 e. The van der Waals surface area contributed by atoms with Gasteiger partial charge in [-0.25, -0.2) is 9.78 Å². The summed E-state index contributed by atoms with van der Waals surface area (Å²) in [5, 5.41) is 12.5. The van der Waals surface area contributed by atoms with Gasteiger partial charge in [0, 0.05) is 17.6 Å². The first-order valence-corrected chi connectivity index (χ1v) is 9.43. The lowest BCUT2D eigenvalue weighted by Gasteiger charge is -2.24. The Bertz CT molecular complexity index is 930. The molecular weight excluding hydrogens is 332 g/mol. The Morgan fingerprint density at radius 1 is 1.24 bits per heavy atom. The van der Waals surface area contributed by atoms with E-state index < -0.39 is 5.97 Å². The zero-order valence-electron chi connectivity index (χ0n) is 14.1. The smallest absolute Gasteiger partial charge is 0.347 e. The summed E-state index contributed by atoms with van der Waals surface area (Å²) in [6.45, 7) is 3.59. The molecule has 1 aliphatic rings. The molecule has 0 aliphatic heterocycles. The molecule has 1 aliphatic carbocycles. The van der Waals surface area contributed by atoms with Gasteiger partial charge in [-0.3, -0.25) is 0 Å². The fourth-order valence-corrected chi connectivity index (χ4v) is 4.12. The van der Waals surface area contributed by atoms with Crippen LogP contribution < -0.4 is 4.90 Å². The molecule has 2 aromatic carbocycles. The van der Waals surface area contributed by atoms with Crippen LogP contribution in [0.25, 0.3) is 10.8 Å². The van der Waals surface area contributed by atoms with Gasteiger partial charge in [-0.1, -0.05) is 30.3 Å². The zero-order chi connectivity index (χ0) is 17.4. The van der Waals surface area contributed by atoms with E-state index in [1.165, 1.54) is 52.4 Å². The number of thiazole rings is 1. The third-order valence-electron chi connectivity index (χ3n) is 4.76. The molecule has 1 heterocycles. The van der Waals surface area contributed by atoms with Crippen molar-refractivity contribution in [3.8, 4) is 0 Å². The second kappa shape index (κ2) is 6.48. The molecule has 0 atom stereocenters. The van der Waals surface area contributed by atoms with Crippen LogP contribution in [0, 0.1) is 0 Å². The highest BCUT2D eigenvalue weighted by atomic mass is 32.1. The van der Waals surface area contributed by atoms with Gasteiger partial charge >= 0.3 is 5.97 Å². The number of aromatic nitrogens is 1. The van der Waals surface area contributed by atoms with Gasteiger partial charge in [0.15, 0.2) is 0 Å². The monoisotopic (exact) mass is 352 g/mol. The summed E-state index contributed by atoms with van der Waals surface area (Å²) in [6, 6.07) is 13.1. The Morgan fingerprint density at radius 2 is 2.00 bits per heavy atom. The third-order valence-corrected chi connectivity index (χ3v) is 5.73. The Balaban J connectivity index is 1.71. The van der Waals surface area contributed by atoms with Gasteiger partial charge in [0.1, 0.15) is 9.88 Å². The largest absolute Gasteiger partial charge is 0.477 e. The van der Waals surface area contributed by atoms with Gasteiger partial charge < -0.3 is 10.0 Å². The molecule has 0 spiro atoms. The van der Waals surface area contributed by atoms with Gasteiger partial charge in [-0.2, -0.15) is 0 Å². The lowest BCUT2D eigenvalue weighted by Crippen LogP contribution is -2.22. The predicted octanol–water partition coefficient (Wildman–Crippen LogP) is 4.90. The molecule has 5 heteroatoms. The van der Waals surface area contributed by atoms with Crippen molar-refractivity contribution in [1.82, 2.24) is 4.98 Å². The number of carboxylic acids is 1. The number of anilines is 1. The molecule has 0 unspecified atom stereocenters. The third kappa shape index (κ3) is 3.12. The van der Waals surface area contributed by atoms with Crippen LogP contribution in [0.3, 0.4) is 0 Å². The fraction of sp³-hybridized carbons (Fsp3) is 0.300. The van der Waals surface area contributed by atoms with E-state index in [-0.39, 0.29) is 0 Å². The number of aromatic carboxylic acids is 1. The first-order chi connectivity index (χ1) is 12.2. The maximum absolute atomic E-state index is 11.1. The molecule has 0 saturated heterocycles. The molecule has 0 bridgehead atoms. The first kappa shape index (κ1) is 16.1. The number of carboxylic acid groups (broad SMARTS) is 1. The molecule has 0 amide bonds. The van der Waals surface area contributed by atoms with Crippen LogP contribution >= 0.6 is 11.3 Å². The summed E-state index contributed by atoms with van der Waals surface area (Å²) < 4.78 is 0. The maximum atomic E-state index is 11.1. The maximum Gasteiger partial charge on any atom is 0.347 e. The number of fused-ring (bicyclic) bond motifs is 1. The number of carbonyl (C=O) groups is 1. The molecule has 4 rings (SSSR count). The van der Waals surface area contributed by atoms with Gasteiger partial charge in [0.05, 0.1) is 12.7 Å². The number of rotatable bonds is 6. The average Bonchev–Trinajstić information content (AvgIpc) is 3.36. The van der Waals surface area contributed by atoms with Crippen molar-refractivity contribution in [2.24, 2.45) is 0 Å². The van der Waals surface area contributed by atoms with E-state index in [1.54, 1.807) is 0 Å². The molecule has 1 saturated carbocycles. The van der Waals surface area contributed by atoms with Gasteiger partial charge in [-0.15, -0.1) is 11.3 Å². The Morgan fingerprint density at radius 3 is 2.64 bits per heavy atom. The Kier molecular flexibility index (Phi) is 4.17. The van der Waals surface area contributed by atoms with Crippen LogP contribution in [0.1, 0.15) is 45.9 Å². The first-order valence-electron chi connectivity index (χ1n) is 8.62. The van der Waals surface area contributed by atoms with E-state index in [9.17, 15) is 4.79 Å². The number of hydrogen-bond acceptors (Lipinski definition) is 4. The van der Waals surface area contributed by atoms with E-state index in [1.807, 2.05) is 0 Å². The molecule has 1 aromatic heterocycles. The molecule has 3 aromatic rings. The summed E-state index contributed by atoms with van der Waals surface area (Å²) in [6.07, 6.45) is 4.03. The highest BCUT2D eigenvalue weighted by molar-refractivity contribution is 7.13. The van der Waals surface area contributed by atoms with Crippen LogP contribution in [0.5, 0.6) is 0 Å².